The SMILES string of the molecule is O=C1OC(c2ccco2)c2ccccc21. The van der Waals surface area contributed by atoms with E-state index in [0.29, 0.717) is 11.3 Å². The average Bonchev–Trinajstić information content (AvgIpc) is 2.87. The third-order valence-corrected chi connectivity index (χ3v) is 2.49. The standard InChI is InChI=1S/C12H8O3/c13-12-9-5-2-1-4-8(9)11(15-12)10-6-3-7-14-10/h1-7,11H. The summed E-state index contributed by atoms with van der Waals surface area (Å²) in [6.07, 6.45) is 1.19. The van der Waals surface area contributed by atoms with E-state index in [4.69, 9.17) is 9.15 Å². The summed E-state index contributed by atoms with van der Waals surface area (Å²) in [6.45, 7) is 0. The molecule has 0 saturated heterocycles. The molecule has 0 radical (unpaired) electrons. The summed E-state index contributed by atoms with van der Waals surface area (Å²) in [6, 6.07) is 10.9. The molecule has 0 amide bonds. The number of fused-ring (bicyclic) bond motifs is 1. The molecule has 1 aliphatic heterocycles. The molecular formula is C12H8O3. The molecule has 0 fully saturated rings. The number of carbonyl (C=O) groups excluding carboxylic acids is 1. The number of cyclic esters (lactones) is 1. The summed E-state index contributed by atoms with van der Waals surface area (Å²) in [5.74, 6) is 0.375. The number of hydrogen-bond donors (Lipinski definition) is 0. The Balaban J connectivity index is 2.13. The predicted molar refractivity (Wildman–Crippen MR) is 52.4 cm³/mol. The highest BCUT2D eigenvalue weighted by Gasteiger charge is 2.33. The summed E-state index contributed by atoms with van der Waals surface area (Å²) in [4.78, 5) is 11.5. The number of esters is 1. The molecule has 1 aromatic carbocycles. The second-order valence-electron chi connectivity index (χ2n) is 3.39. The van der Waals surface area contributed by atoms with Crippen LogP contribution in [0.1, 0.15) is 27.8 Å². The first kappa shape index (κ1) is 8.29. The van der Waals surface area contributed by atoms with Crippen molar-refractivity contribution in [3.63, 3.8) is 0 Å². The maximum absolute atomic E-state index is 11.5. The Kier molecular flexibility index (Phi) is 1.65. The van der Waals surface area contributed by atoms with Crippen LogP contribution in [0, 0.1) is 0 Å². The van der Waals surface area contributed by atoms with Crippen molar-refractivity contribution in [3.8, 4) is 0 Å². The van der Waals surface area contributed by atoms with E-state index >= 15 is 0 Å². The zero-order valence-corrected chi connectivity index (χ0v) is 7.84. The van der Waals surface area contributed by atoms with Crippen molar-refractivity contribution in [2.24, 2.45) is 0 Å². The van der Waals surface area contributed by atoms with Gasteiger partial charge in [-0.05, 0) is 18.2 Å². The molecule has 0 spiro atoms. The van der Waals surface area contributed by atoms with E-state index in [9.17, 15) is 4.79 Å². The van der Waals surface area contributed by atoms with Gasteiger partial charge in [-0.15, -0.1) is 0 Å². The molecular weight excluding hydrogens is 192 g/mol. The van der Waals surface area contributed by atoms with Gasteiger partial charge in [0, 0.05) is 5.56 Å². The molecule has 3 rings (SSSR count). The van der Waals surface area contributed by atoms with Gasteiger partial charge < -0.3 is 9.15 Å². The Morgan fingerprint density at radius 3 is 2.73 bits per heavy atom. The Morgan fingerprint density at radius 1 is 1.07 bits per heavy atom. The Morgan fingerprint density at radius 2 is 1.93 bits per heavy atom. The molecule has 74 valence electrons. The first-order valence-electron chi connectivity index (χ1n) is 4.69. The third-order valence-electron chi connectivity index (χ3n) is 2.49. The molecule has 0 saturated carbocycles. The lowest BCUT2D eigenvalue weighted by atomic mass is 10.0. The van der Waals surface area contributed by atoms with Crippen LogP contribution in [-0.2, 0) is 4.74 Å². The molecule has 0 N–H and O–H groups in total. The zero-order valence-electron chi connectivity index (χ0n) is 7.84. The van der Waals surface area contributed by atoms with Crippen LogP contribution in [-0.4, -0.2) is 5.97 Å². The first-order valence-corrected chi connectivity index (χ1v) is 4.69. The minimum atomic E-state index is -0.385. The van der Waals surface area contributed by atoms with Gasteiger partial charge >= 0.3 is 5.97 Å². The van der Waals surface area contributed by atoms with Gasteiger partial charge in [0.2, 0.25) is 0 Å². The van der Waals surface area contributed by atoms with E-state index in [1.54, 1.807) is 24.5 Å². The van der Waals surface area contributed by atoms with Crippen LogP contribution in [0.4, 0.5) is 0 Å². The van der Waals surface area contributed by atoms with Crippen LogP contribution in [0.3, 0.4) is 0 Å². The summed E-state index contributed by atoms with van der Waals surface area (Å²) >= 11 is 0. The van der Waals surface area contributed by atoms with Crippen molar-refractivity contribution in [2.45, 2.75) is 6.10 Å². The molecule has 15 heavy (non-hydrogen) atoms. The second-order valence-corrected chi connectivity index (χ2v) is 3.39. The highest BCUT2D eigenvalue weighted by molar-refractivity contribution is 5.94. The third kappa shape index (κ3) is 1.16. The van der Waals surface area contributed by atoms with Crippen LogP contribution in [0.25, 0.3) is 0 Å². The van der Waals surface area contributed by atoms with Gasteiger partial charge in [0.25, 0.3) is 0 Å². The molecule has 0 bridgehead atoms. The van der Waals surface area contributed by atoms with Crippen LogP contribution >= 0.6 is 0 Å². The summed E-state index contributed by atoms with van der Waals surface area (Å²) in [5.41, 5.74) is 1.50. The molecule has 0 aliphatic carbocycles. The van der Waals surface area contributed by atoms with E-state index < -0.39 is 0 Å². The first-order chi connectivity index (χ1) is 7.36. The summed E-state index contributed by atoms with van der Waals surface area (Å²) in [7, 11) is 0. The zero-order chi connectivity index (χ0) is 10.3. The van der Waals surface area contributed by atoms with Gasteiger partial charge in [0.05, 0.1) is 11.8 Å². The molecule has 1 aliphatic rings. The van der Waals surface area contributed by atoms with E-state index in [-0.39, 0.29) is 12.1 Å². The van der Waals surface area contributed by atoms with E-state index in [2.05, 4.69) is 0 Å². The predicted octanol–water partition coefficient (Wildman–Crippen LogP) is 2.54. The fraction of sp³-hybridized carbons (Fsp3) is 0.0833. The fourth-order valence-electron chi connectivity index (χ4n) is 1.80. The largest absolute Gasteiger partial charge is 0.465 e. The maximum Gasteiger partial charge on any atom is 0.339 e. The topological polar surface area (TPSA) is 39.4 Å². The Bertz CT molecular complexity index is 499. The smallest absolute Gasteiger partial charge is 0.339 e. The fourth-order valence-corrected chi connectivity index (χ4v) is 1.80. The normalized spacial score (nSPS) is 18.7. The van der Waals surface area contributed by atoms with E-state index in [1.165, 1.54) is 0 Å². The number of benzene rings is 1. The Labute approximate surface area is 86.3 Å². The van der Waals surface area contributed by atoms with Gasteiger partial charge in [-0.2, -0.15) is 0 Å². The molecule has 2 heterocycles. The average molecular weight is 200 g/mol. The minimum Gasteiger partial charge on any atom is -0.465 e. The van der Waals surface area contributed by atoms with Crippen molar-refractivity contribution < 1.29 is 13.9 Å². The molecule has 2 aromatic rings. The lowest BCUT2D eigenvalue weighted by Gasteiger charge is -2.06. The van der Waals surface area contributed by atoms with Crippen LogP contribution in [0.2, 0.25) is 0 Å². The molecule has 3 nitrogen and oxygen atoms in total. The van der Waals surface area contributed by atoms with E-state index in [0.717, 1.165) is 5.56 Å². The highest BCUT2D eigenvalue weighted by atomic mass is 16.6. The second kappa shape index (κ2) is 2.98. The lowest BCUT2D eigenvalue weighted by molar-refractivity contribution is 0.0421. The highest BCUT2D eigenvalue weighted by Crippen LogP contribution is 2.35. The van der Waals surface area contributed by atoms with Crippen molar-refractivity contribution in [3.05, 3.63) is 59.5 Å². The van der Waals surface area contributed by atoms with Crippen LogP contribution < -0.4 is 0 Å². The Hall–Kier alpha value is -2.03. The van der Waals surface area contributed by atoms with Crippen LogP contribution in [0.5, 0.6) is 0 Å². The van der Waals surface area contributed by atoms with Crippen molar-refractivity contribution >= 4 is 5.97 Å². The monoisotopic (exact) mass is 200 g/mol. The molecule has 1 aromatic heterocycles. The number of furan rings is 1. The summed E-state index contributed by atoms with van der Waals surface area (Å²) in [5, 5.41) is 0. The van der Waals surface area contributed by atoms with Crippen LogP contribution in [0.15, 0.2) is 47.1 Å². The van der Waals surface area contributed by atoms with Crippen molar-refractivity contribution in [1.29, 1.82) is 0 Å². The molecule has 3 heteroatoms. The maximum atomic E-state index is 11.5. The van der Waals surface area contributed by atoms with Gasteiger partial charge in [-0.1, -0.05) is 18.2 Å². The van der Waals surface area contributed by atoms with Crippen molar-refractivity contribution in [2.75, 3.05) is 0 Å². The molecule has 1 unspecified atom stereocenters. The minimum absolute atomic E-state index is 0.285. The van der Waals surface area contributed by atoms with Gasteiger partial charge in [-0.25, -0.2) is 4.79 Å². The number of ether oxygens (including phenoxy) is 1. The van der Waals surface area contributed by atoms with Crippen molar-refractivity contribution in [1.82, 2.24) is 0 Å². The number of rotatable bonds is 1. The van der Waals surface area contributed by atoms with E-state index in [1.807, 2.05) is 18.2 Å². The number of carbonyl (C=O) groups is 1. The summed E-state index contributed by atoms with van der Waals surface area (Å²) < 4.78 is 10.5. The van der Waals surface area contributed by atoms with Gasteiger partial charge in [-0.3, -0.25) is 0 Å². The van der Waals surface area contributed by atoms with Gasteiger partial charge in [0.1, 0.15) is 5.76 Å². The molecule has 1 atom stereocenters. The lowest BCUT2D eigenvalue weighted by Crippen LogP contribution is -1.98. The quantitative estimate of drug-likeness (QED) is 0.664. The van der Waals surface area contributed by atoms with Gasteiger partial charge in [0.15, 0.2) is 6.10 Å². The number of hydrogen-bond acceptors (Lipinski definition) is 3.